The fourth-order valence-electron chi connectivity index (χ4n) is 3.55. The third-order valence-electron chi connectivity index (χ3n) is 5.23. The number of nitrogens with one attached hydrogen (secondary N) is 2. The van der Waals surface area contributed by atoms with Gasteiger partial charge in [-0.25, -0.2) is 0 Å². The number of aldehydes is 1. The highest BCUT2D eigenvalue weighted by Gasteiger charge is 2.76. The number of carbonyl (C=O) groups is 2. The number of benzene rings is 2. The number of halogens is 5. The van der Waals surface area contributed by atoms with Gasteiger partial charge in [0.25, 0.3) is 5.91 Å². The molecule has 166 valence electrons. The van der Waals surface area contributed by atoms with Gasteiger partial charge in [0, 0.05) is 41.8 Å². The van der Waals surface area contributed by atoms with Crippen LogP contribution >= 0.6 is 58.0 Å². The highest BCUT2D eigenvalue weighted by Crippen LogP contribution is 2.73. The standard InChI is InChI=1S/C21H19Cl5N2O3/c1-31-5-4-27-19(30)16-9-15(2-3-17(16)24)28-10-20(11-29)18(21(20,25)26)12-6-13(22)8-14(23)7-12/h2-3,6-9,11,18,28H,4-5,10H2,1H3,(H,27,30). The van der Waals surface area contributed by atoms with Crippen LogP contribution in [0.3, 0.4) is 0 Å². The molecule has 3 rings (SSSR count). The Balaban J connectivity index is 1.78. The average Bonchev–Trinajstić information content (AvgIpc) is 3.21. The summed E-state index contributed by atoms with van der Waals surface area (Å²) in [4.78, 5) is 24.4. The lowest BCUT2D eigenvalue weighted by molar-refractivity contribution is -0.112. The lowest BCUT2D eigenvalue weighted by Gasteiger charge is -2.15. The molecule has 0 aliphatic heterocycles. The van der Waals surface area contributed by atoms with Crippen LogP contribution in [-0.4, -0.2) is 43.3 Å². The van der Waals surface area contributed by atoms with E-state index in [1.165, 1.54) is 0 Å². The highest BCUT2D eigenvalue weighted by atomic mass is 35.5. The molecule has 0 aromatic heterocycles. The van der Waals surface area contributed by atoms with Crippen LogP contribution in [-0.2, 0) is 9.53 Å². The first kappa shape index (κ1) is 24.4. The van der Waals surface area contributed by atoms with Crippen LogP contribution in [0, 0.1) is 5.41 Å². The second kappa shape index (κ2) is 9.74. The van der Waals surface area contributed by atoms with Crippen molar-refractivity contribution in [1.29, 1.82) is 0 Å². The van der Waals surface area contributed by atoms with Gasteiger partial charge in [-0.1, -0.05) is 58.0 Å². The van der Waals surface area contributed by atoms with Crippen molar-refractivity contribution in [2.75, 3.05) is 32.1 Å². The molecule has 1 amide bonds. The molecule has 31 heavy (non-hydrogen) atoms. The fraction of sp³-hybridized carbons (Fsp3) is 0.333. The Kier molecular flexibility index (Phi) is 7.67. The fourth-order valence-corrected chi connectivity index (χ4v) is 5.27. The molecule has 1 saturated carbocycles. The van der Waals surface area contributed by atoms with E-state index in [4.69, 9.17) is 62.7 Å². The minimum Gasteiger partial charge on any atom is -0.384 e. The number of ether oxygens (including phenoxy) is 1. The summed E-state index contributed by atoms with van der Waals surface area (Å²) in [6, 6.07) is 9.86. The van der Waals surface area contributed by atoms with Crippen LogP contribution in [0.1, 0.15) is 21.8 Å². The predicted molar refractivity (Wildman–Crippen MR) is 126 cm³/mol. The quantitative estimate of drug-likeness (QED) is 0.255. The summed E-state index contributed by atoms with van der Waals surface area (Å²) in [7, 11) is 1.54. The van der Waals surface area contributed by atoms with Crippen molar-refractivity contribution in [2.45, 2.75) is 10.3 Å². The SMILES string of the molecule is COCCNC(=O)c1cc(NCC2(C=O)C(c3cc(Cl)cc(Cl)c3)C2(Cl)Cl)ccc1Cl. The molecule has 2 aromatic carbocycles. The molecule has 0 saturated heterocycles. The van der Waals surface area contributed by atoms with Gasteiger partial charge in [0.2, 0.25) is 0 Å². The van der Waals surface area contributed by atoms with Gasteiger partial charge >= 0.3 is 0 Å². The molecule has 5 nitrogen and oxygen atoms in total. The molecular formula is C21H19Cl5N2O3. The van der Waals surface area contributed by atoms with Gasteiger partial charge in [0.05, 0.1) is 22.6 Å². The molecule has 10 heteroatoms. The normalized spacial score (nSPS) is 21.4. The predicted octanol–water partition coefficient (Wildman–Crippen LogP) is 5.59. The van der Waals surface area contributed by atoms with E-state index < -0.39 is 15.7 Å². The summed E-state index contributed by atoms with van der Waals surface area (Å²) >= 11 is 31.4. The van der Waals surface area contributed by atoms with Crippen molar-refractivity contribution in [2.24, 2.45) is 5.41 Å². The van der Waals surface area contributed by atoms with Gasteiger partial charge in [-0.3, -0.25) is 4.79 Å². The molecule has 2 unspecified atom stereocenters. The van der Waals surface area contributed by atoms with Crippen molar-refractivity contribution < 1.29 is 14.3 Å². The first-order valence-electron chi connectivity index (χ1n) is 9.27. The van der Waals surface area contributed by atoms with E-state index in [0.29, 0.717) is 45.0 Å². The number of hydrogen-bond acceptors (Lipinski definition) is 4. The number of hydrogen-bond donors (Lipinski definition) is 2. The molecule has 0 spiro atoms. The largest absolute Gasteiger partial charge is 0.384 e. The van der Waals surface area contributed by atoms with Gasteiger partial charge in [0.15, 0.2) is 0 Å². The summed E-state index contributed by atoms with van der Waals surface area (Å²) < 4.78 is 3.58. The van der Waals surface area contributed by atoms with Crippen LogP contribution in [0.15, 0.2) is 36.4 Å². The van der Waals surface area contributed by atoms with Crippen molar-refractivity contribution in [3.05, 3.63) is 62.6 Å². The first-order chi connectivity index (χ1) is 14.7. The smallest absolute Gasteiger partial charge is 0.252 e. The molecule has 0 heterocycles. The maximum absolute atomic E-state index is 12.4. The van der Waals surface area contributed by atoms with E-state index in [1.54, 1.807) is 43.5 Å². The van der Waals surface area contributed by atoms with E-state index in [2.05, 4.69) is 10.6 Å². The lowest BCUT2D eigenvalue weighted by atomic mass is 10.00. The number of rotatable bonds is 9. The molecule has 1 fully saturated rings. The van der Waals surface area contributed by atoms with Crippen LogP contribution < -0.4 is 10.6 Å². The zero-order chi connectivity index (χ0) is 22.8. The molecular weight excluding hydrogens is 506 g/mol. The topological polar surface area (TPSA) is 67.4 Å². The second-order valence-electron chi connectivity index (χ2n) is 7.21. The zero-order valence-corrected chi connectivity index (χ0v) is 20.1. The number of anilines is 1. The Labute approximate surface area is 205 Å². The van der Waals surface area contributed by atoms with Crippen LogP contribution in [0.4, 0.5) is 5.69 Å². The van der Waals surface area contributed by atoms with Gasteiger partial charge < -0.3 is 20.2 Å². The van der Waals surface area contributed by atoms with Gasteiger partial charge in [-0.15, -0.1) is 0 Å². The molecule has 1 aliphatic carbocycles. The average molecular weight is 525 g/mol. The van der Waals surface area contributed by atoms with Crippen molar-refractivity contribution in [3.8, 4) is 0 Å². The minimum atomic E-state index is -1.34. The van der Waals surface area contributed by atoms with Crippen molar-refractivity contribution >= 4 is 75.9 Å². The Morgan fingerprint density at radius 2 is 1.81 bits per heavy atom. The third kappa shape index (κ3) is 4.92. The summed E-state index contributed by atoms with van der Waals surface area (Å²) in [5, 5.41) is 7.01. The second-order valence-corrected chi connectivity index (χ2v) is 9.88. The lowest BCUT2D eigenvalue weighted by Crippen LogP contribution is -2.27. The highest BCUT2D eigenvalue weighted by molar-refractivity contribution is 6.54. The third-order valence-corrected chi connectivity index (χ3v) is 7.14. The summed E-state index contributed by atoms with van der Waals surface area (Å²) in [5.74, 6) is -0.841. The zero-order valence-electron chi connectivity index (χ0n) is 16.4. The molecule has 0 radical (unpaired) electrons. The molecule has 2 aromatic rings. The van der Waals surface area contributed by atoms with E-state index >= 15 is 0 Å². The summed E-state index contributed by atoms with van der Waals surface area (Å²) in [5.41, 5.74) is 0.442. The van der Waals surface area contributed by atoms with E-state index in [-0.39, 0.29) is 12.5 Å². The monoisotopic (exact) mass is 522 g/mol. The van der Waals surface area contributed by atoms with E-state index in [0.717, 1.165) is 6.29 Å². The van der Waals surface area contributed by atoms with Gasteiger partial charge in [0.1, 0.15) is 10.6 Å². The molecule has 2 N–H and O–H groups in total. The first-order valence-corrected chi connectivity index (χ1v) is 11.2. The van der Waals surface area contributed by atoms with Crippen LogP contribution in [0.25, 0.3) is 0 Å². The van der Waals surface area contributed by atoms with Gasteiger partial charge in [-0.2, -0.15) is 0 Å². The maximum Gasteiger partial charge on any atom is 0.252 e. The summed E-state index contributed by atoms with van der Waals surface area (Å²) in [6.07, 6.45) is 0.744. The summed E-state index contributed by atoms with van der Waals surface area (Å²) in [6.45, 7) is 0.860. The van der Waals surface area contributed by atoms with Crippen LogP contribution in [0.2, 0.25) is 15.1 Å². The molecule has 2 atom stereocenters. The van der Waals surface area contributed by atoms with E-state index in [9.17, 15) is 9.59 Å². The number of alkyl halides is 2. The minimum absolute atomic E-state index is 0.130. The Morgan fingerprint density at radius 1 is 1.13 bits per heavy atom. The van der Waals surface area contributed by atoms with Crippen molar-refractivity contribution in [1.82, 2.24) is 5.32 Å². The number of carbonyl (C=O) groups excluding carboxylic acids is 2. The van der Waals surface area contributed by atoms with E-state index in [1.807, 2.05) is 0 Å². The molecule has 0 bridgehead atoms. The maximum atomic E-state index is 12.4. The van der Waals surface area contributed by atoms with Gasteiger partial charge in [-0.05, 0) is 42.0 Å². The molecule has 1 aliphatic rings. The Bertz CT molecular complexity index is 981. The van der Waals surface area contributed by atoms with Crippen molar-refractivity contribution in [3.63, 3.8) is 0 Å². The Morgan fingerprint density at radius 3 is 2.42 bits per heavy atom. The van der Waals surface area contributed by atoms with Crippen LogP contribution in [0.5, 0.6) is 0 Å². The number of methoxy groups -OCH3 is 1. The Hall–Kier alpha value is -1.21. The number of amides is 1.